The van der Waals surface area contributed by atoms with Crippen LogP contribution >= 0.6 is 0 Å². The van der Waals surface area contributed by atoms with E-state index in [1.54, 1.807) is 6.33 Å². The van der Waals surface area contributed by atoms with Crippen LogP contribution in [-0.2, 0) is 13.0 Å². The Hall–Kier alpha value is -2.98. The second kappa shape index (κ2) is 6.32. The summed E-state index contributed by atoms with van der Waals surface area (Å²) in [5.41, 5.74) is 6.58. The van der Waals surface area contributed by atoms with Crippen LogP contribution in [-0.4, -0.2) is 42.5 Å². The van der Waals surface area contributed by atoms with Gasteiger partial charge in [0.2, 0.25) is 0 Å². The summed E-state index contributed by atoms with van der Waals surface area (Å²) >= 11 is 0. The Balaban J connectivity index is 1.66. The predicted molar refractivity (Wildman–Crippen MR) is 99.9 cm³/mol. The Bertz CT molecular complexity index is 1050. The van der Waals surface area contributed by atoms with Gasteiger partial charge in [-0.2, -0.15) is 5.26 Å². The first-order valence-corrected chi connectivity index (χ1v) is 9.48. The third-order valence-electron chi connectivity index (χ3n) is 5.59. The summed E-state index contributed by atoms with van der Waals surface area (Å²) in [6.45, 7) is 5.12. The summed E-state index contributed by atoms with van der Waals surface area (Å²) in [4.78, 5) is 6.78. The van der Waals surface area contributed by atoms with Crippen LogP contribution in [0.25, 0.3) is 11.4 Å². The molecule has 136 valence electrons. The lowest BCUT2D eigenvalue weighted by Crippen LogP contribution is -2.29. The molecule has 0 atom stereocenters. The van der Waals surface area contributed by atoms with Gasteiger partial charge in [0.1, 0.15) is 18.1 Å². The maximum Gasteiger partial charge on any atom is 0.162 e. The zero-order valence-electron chi connectivity index (χ0n) is 15.4. The number of nitrogens with zero attached hydrogens (tertiary/aromatic N) is 7. The van der Waals surface area contributed by atoms with Gasteiger partial charge in [-0.1, -0.05) is 17.7 Å². The lowest BCUT2D eigenvalue weighted by molar-refractivity contribution is 0.218. The van der Waals surface area contributed by atoms with E-state index < -0.39 is 0 Å². The molecule has 27 heavy (non-hydrogen) atoms. The summed E-state index contributed by atoms with van der Waals surface area (Å²) in [6.07, 6.45) is 6.15. The van der Waals surface area contributed by atoms with Crippen molar-refractivity contribution in [3.05, 3.63) is 52.9 Å². The fourth-order valence-corrected chi connectivity index (χ4v) is 4.16. The monoisotopic (exact) mass is 359 g/mol. The van der Waals surface area contributed by atoms with Crippen molar-refractivity contribution < 1.29 is 0 Å². The van der Waals surface area contributed by atoms with Gasteiger partial charge in [-0.3, -0.25) is 9.47 Å². The van der Waals surface area contributed by atoms with E-state index >= 15 is 0 Å². The van der Waals surface area contributed by atoms with Gasteiger partial charge in [0, 0.05) is 13.0 Å². The fourth-order valence-electron chi connectivity index (χ4n) is 4.16. The molecule has 0 unspecified atom stereocenters. The van der Waals surface area contributed by atoms with E-state index in [2.05, 4.69) is 51.4 Å². The van der Waals surface area contributed by atoms with Gasteiger partial charge in [-0.15, -0.1) is 5.10 Å². The molecule has 3 aromatic rings. The molecule has 0 bridgehead atoms. The summed E-state index contributed by atoms with van der Waals surface area (Å²) in [5.74, 6) is 0. The molecule has 7 nitrogen and oxygen atoms in total. The average Bonchev–Trinajstić information content (AvgIpc) is 3.24. The Morgan fingerprint density at radius 1 is 1.11 bits per heavy atom. The molecule has 0 N–H and O–H groups in total. The van der Waals surface area contributed by atoms with Crippen LogP contribution < -0.4 is 0 Å². The summed E-state index contributed by atoms with van der Waals surface area (Å²) in [5, 5.41) is 18.6. The highest BCUT2D eigenvalue weighted by molar-refractivity contribution is 5.58. The molecule has 0 spiro atoms. The normalized spacial score (nSPS) is 16.1. The number of hydrogen-bond donors (Lipinski definition) is 0. The molecule has 1 saturated heterocycles. The lowest BCUT2D eigenvalue weighted by Gasteiger charge is -2.25. The van der Waals surface area contributed by atoms with Crippen molar-refractivity contribution in [2.24, 2.45) is 0 Å². The molecule has 2 aromatic heterocycles. The fraction of sp³-hybridized carbons (Fsp3) is 0.400. The quantitative estimate of drug-likeness (QED) is 0.550. The maximum absolute atomic E-state index is 9.52. The Labute approximate surface area is 157 Å². The van der Waals surface area contributed by atoms with Crippen molar-refractivity contribution in [2.75, 3.05) is 13.1 Å². The molecule has 1 fully saturated rings. The van der Waals surface area contributed by atoms with Crippen LogP contribution in [0.15, 0.2) is 24.5 Å². The molecular weight excluding hydrogens is 338 g/mol. The van der Waals surface area contributed by atoms with Crippen molar-refractivity contribution in [1.82, 2.24) is 29.4 Å². The molecule has 0 saturated carbocycles. The second-order valence-corrected chi connectivity index (χ2v) is 7.42. The standard InChI is InChI=1S/C20H21N7/c1-14-5-6-17-20(9-14)27-19(10-18-15(11-21)22-13-26(17)18)16(23-24-27)12-25-7-3-2-4-8-25/h5-6,9,13H,2-4,7-8,10,12H2,1H3. The zero-order valence-corrected chi connectivity index (χ0v) is 15.4. The highest BCUT2D eigenvalue weighted by Gasteiger charge is 2.27. The van der Waals surface area contributed by atoms with E-state index in [1.165, 1.54) is 19.3 Å². The predicted octanol–water partition coefficient (Wildman–Crippen LogP) is 2.52. The van der Waals surface area contributed by atoms with E-state index in [1.807, 2.05) is 9.25 Å². The third kappa shape index (κ3) is 2.64. The van der Waals surface area contributed by atoms with Crippen molar-refractivity contribution >= 4 is 0 Å². The van der Waals surface area contributed by atoms with Crippen molar-refractivity contribution in [3.8, 4) is 17.4 Å². The molecule has 0 aliphatic carbocycles. The highest BCUT2D eigenvalue weighted by Crippen LogP contribution is 2.31. The number of fused-ring (bicyclic) bond motifs is 5. The summed E-state index contributed by atoms with van der Waals surface area (Å²) in [7, 11) is 0. The third-order valence-corrected chi connectivity index (χ3v) is 5.59. The van der Waals surface area contributed by atoms with E-state index in [-0.39, 0.29) is 0 Å². The average molecular weight is 359 g/mol. The van der Waals surface area contributed by atoms with Gasteiger partial charge in [0.05, 0.1) is 22.8 Å². The molecule has 0 amide bonds. The second-order valence-electron chi connectivity index (χ2n) is 7.42. The summed E-state index contributed by atoms with van der Waals surface area (Å²) < 4.78 is 3.97. The minimum absolute atomic E-state index is 0.472. The number of imidazole rings is 1. The Morgan fingerprint density at radius 3 is 2.78 bits per heavy atom. The molecule has 2 aliphatic heterocycles. The van der Waals surface area contributed by atoms with E-state index in [0.29, 0.717) is 12.1 Å². The van der Waals surface area contributed by atoms with Gasteiger partial charge in [0.25, 0.3) is 0 Å². The van der Waals surface area contributed by atoms with Gasteiger partial charge < -0.3 is 0 Å². The van der Waals surface area contributed by atoms with Crippen LogP contribution in [0.2, 0.25) is 0 Å². The molecule has 7 heteroatoms. The number of aryl methyl sites for hydroxylation is 1. The number of nitriles is 1. The van der Waals surface area contributed by atoms with Crippen LogP contribution in [0.1, 0.15) is 47.6 Å². The van der Waals surface area contributed by atoms with Crippen LogP contribution in [0, 0.1) is 18.3 Å². The number of piperidine rings is 1. The van der Waals surface area contributed by atoms with Gasteiger partial charge in [0.15, 0.2) is 5.69 Å². The van der Waals surface area contributed by atoms with E-state index in [0.717, 1.165) is 53.7 Å². The largest absolute Gasteiger partial charge is 0.299 e. The molecule has 2 aliphatic rings. The maximum atomic E-state index is 9.52. The van der Waals surface area contributed by atoms with Crippen LogP contribution in [0.4, 0.5) is 0 Å². The molecule has 4 heterocycles. The number of rotatable bonds is 2. The number of likely N-dealkylation sites (tertiary alicyclic amines) is 1. The number of benzene rings is 1. The van der Waals surface area contributed by atoms with E-state index in [4.69, 9.17) is 0 Å². The first-order valence-electron chi connectivity index (χ1n) is 9.48. The van der Waals surface area contributed by atoms with Crippen molar-refractivity contribution in [2.45, 2.75) is 39.2 Å². The van der Waals surface area contributed by atoms with E-state index in [9.17, 15) is 5.26 Å². The molecule has 0 radical (unpaired) electrons. The molecule has 5 rings (SSSR count). The van der Waals surface area contributed by atoms with Crippen LogP contribution in [0.5, 0.6) is 0 Å². The highest BCUT2D eigenvalue weighted by atomic mass is 15.4. The minimum atomic E-state index is 0.472. The van der Waals surface area contributed by atoms with Crippen molar-refractivity contribution in [1.29, 1.82) is 5.26 Å². The Morgan fingerprint density at radius 2 is 1.96 bits per heavy atom. The molecule has 1 aromatic carbocycles. The smallest absolute Gasteiger partial charge is 0.162 e. The van der Waals surface area contributed by atoms with Gasteiger partial charge >= 0.3 is 0 Å². The lowest BCUT2D eigenvalue weighted by atomic mass is 10.1. The topological polar surface area (TPSA) is 75.6 Å². The first-order chi connectivity index (χ1) is 13.2. The Kier molecular flexibility index (Phi) is 3.80. The summed E-state index contributed by atoms with van der Waals surface area (Å²) in [6, 6.07) is 8.50. The minimum Gasteiger partial charge on any atom is -0.299 e. The zero-order chi connectivity index (χ0) is 18.4. The number of hydrogen-bond acceptors (Lipinski definition) is 5. The molecular formula is C20H21N7. The van der Waals surface area contributed by atoms with Gasteiger partial charge in [-0.25, -0.2) is 9.67 Å². The van der Waals surface area contributed by atoms with Gasteiger partial charge in [-0.05, 0) is 50.6 Å². The van der Waals surface area contributed by atoms with Crippen molar-refractivity contribution in [3.63, 3.8) is 0 Å². The van der Waals surface area contributed by atoms with Crippen LogP contribution in [0.3, 0.4) is 0 Å². The SMILES string of the molecule is Cc1ccc2c(c1)-n1nnc(CN3CCCCC3)c1Cc1c(C#N)ncn1-2. The first kappa shape index (κ1) is 16.2. The number of aromatic nitrogens is 5.